The van der Waals surface area contributed by atoms with Gasteiger partial charge in [-0.25, -0.2) is 4.98 Å². The summed E-state index contributed by atoms with van der Waals surface area (Å²) in [5.74, 6) is 0.669. The molecule has 1 fully saturated rings. The number of aliphatic imine (C=N–C) groups is 1. The quantitative estimate of drug-likeness (QED) is 0.293. The number of benzene rings is 1. The van der Waals surface area contributed by atoms with E-state index in [2.05, 4.69) is 50.4 Å². The van der Waals surface area contributed by atoms with Crippen molar-refractivity contribution in [2.75, 3.05) is 36.1 Å². The molecule has 0 radical (unpaired) electrons. The number of fused-ring (bicyclic) bond motifs is 1. The summed E-state index contributed by atoms with van der Waals surface area (Å²) in [6, 6.07) is 8.99. The lowest BCUT2D eigenvalue weighted by atomic mass is 9.93. The molecule has 0 amide bonds. The minimum atomic E-state index is 0.00271. The summed E-state index contributed by atoms with van der Waals surface area (Å²) >= 11 is 0. The standard InChI is InChI=1S/C26H36N8O/c1-2-3-12-34(13-14-35)25-23(27)22(32-26(28)33-25)17-29-15-19-10-9-18(16-31-20-6-4-7-20)21-8-5-11-30-24(19)21/h5,8-11,17,20,31,35H,2-4,6-7,12-16,27H2,1H3,(H2,28,32,33). The van der Waals surface area contributed by atoms with Crippen molar-refractivity contribution >= 4 is 34.6 Å². The fourth-order valence-electron chi connectivity index (χ4n) is 4.29. The number of pyridine rings is 1. The van der Waals surface area contributed by atoms with E-state index in [1.807, 2.05) is 17.2 Å². The van der Waals surface area contributed by atoms with Crippen LogP contribution >= 0.6 is 0 Å². The molecule has 3 aromatic rings. The van der Waals surface area contributed by atoms with E-state index in [1.54, 1.807) is 6.21 Å². The van der Waals surface area contributed by atoms with Crippen molar-refractivity contribution in [1.82, 2.24) is 20.3 Å². The molecule has 0 saturated heterocycles. The maximum Gasteiger partial charge on any atom is 0.222 e. The number of nitrogen functional groups attached to an aromatic ring is 2. The Morgan fingerprint density at radius 1 is 1.17 bits per heavy atom. The second-order valence-electron chi connectivity index (χ2n) is 9.03. The maximum absolute atomic E-state index is 9.48. The highest BCUT2D eigenvalue weighted by Crippen LogP contribution is 2.26. The summed E-state index contributed by atoms with van der Waals surface area (Å²) in [6.45, 7) is 4.56. The Morgan fingerprint density at radius 3 is 2.74 bits per heavy atom. The topological polar surface area (TPSA) is 139 Å². The number of rotatable bonds is 12. The van der Waals surface area contributed by atoms with Crippen molar-refractivity contribution in [1.29, 1.82) is 0 Å². The van der Waals surface area contributed by atoms with Crippen molar-refractivity contribution in [3.8, 4) is 0 Å². The smallest absolute Gasteiger partial charge is 0.222 e. The molecular weight excluding hydrogens is 440 g/mol. The van der Waals surface area contributed by atoms with Crippen LogP contribution in [0.1, 0.15) is 55.8 Å². The first-order chi connectivity index (χ1) is 17.1. The Balaban J connectivity index is 1.54. The average Bonchev–Trinajstić information content (AvgIpc) is 2.83. The van der Waals surface area contributed by atoms with Crippen molar-refractivity contribution in [2.24, 2.45) is 4.99 Å². The Hall–Kier alpha value is -3.30. The summed E-state index contributed by atoms with van der Waals surface area (Å²) in [5, 5.41) is 14.3. The van der Waals surface area contributed by atoms with Gasteiger partial charge in [-0.15, -0.1) is 0 Å². The molecule has 4 rings (SSSR count). The SMILES string of the molecule is CCCCN(CCO)c1nc(N)nc(C=NCc2ccc(CNC3CCC3)c3cccnc23)c1N. The molecule has 186 valence electrons. The summed E-state index contributed by atoms with van der Waals surface area (Å²) in [6.07, 6.45) is 9.29. The van der Waals surface area contributed by atoms with Gasteiger partial charge in [0.15, 0.2) is 5.82 Å². The molecule has 1 saturated carbocycles. The van der Waals surface area contributed by atoms with Crippen molar-refractivity contribution < 1.29 is 5.11 Å². The molecule has 1 aliphatic rings. The summed E-state index contributed by atoms with van der Waals surface area (Å²) in [5.41, 5.74) is 16.5. The van der Waals surface area contributed by atoms with E-state index in [9.17, 15) is 5.11 Å². The first-order valence-electron chi connectivity index (χ1n) is 12.5. The van der Waals surface area contributed by atoms with Crippen LogP contribution in [0.2, 0.25) is 0 Å². The number of anilines is 3. The van der Waals surface area contributed by atoms with Crippen LogP contribution in [0.3, 0.4) is 0 Å². The molecule has 0 atom stereocenters. The minimum absolute atomic E-state index is 0.00271. The van der Waals surface area contributed by atoms with E-state index in [1.165, 1.54) is 24.8 Å². The molecule has 0 unspecified atom stereocenters. The molecule has 2 heterocycles. The molecule has 2 aromatic heterocycles. The van der Waals surface area contributed by atoms with E-state index < -0.39 is 0 Å². The van der Waals surface area contributed by atoms with Crippen molar-refractivity contribution in [3.63, 3.8) is 0 Å². The maximum atomic E-state index is 9.48. The molecule has 1 aromatic carbocycles. The van der Waals surface area contributed by atoms with Gasteiger partial charge in [0, 0.05) is 43.5 Å². The highest BCUT2D eigenvalue weighted by Gasteiger charge is 2.18. The third kappa shape index (κ3) is 6.04. The van der Waals surface area contributed by atoms with E-state index in [0.717, 1.165) is 42.4 Å². The van der Waals surface area contributed by atoms with Crippen LogP contribution < -0.4 is 21.7 Å². The molecule has 0 bridgehead atoms. The normalized spacial score (nSPS) is 14.0. The molecular formula is C26H36N8O. The Morgan fingerprint density at radius 2 is 2.00 bits per heavy atom. The minimum Gasteiger partial charge on any atom is -0.395 e. The van der Waals surface area contributed by atoms with Crippen LogP contribution in [0, 0.1) is 0 Å². The predicted octanol–water partition coefficient (Wildman–Crippen LogP) is 3.05. The number of aliphatic hydroxyl groups excluding tert-OH is 1. The molecule has 9 nitrogen and oxygen atoms in total. The number of nitrogens with two attached hydrogens (primary N) is 2. The third-order valence-corrected chi connectivity index (χ3v) is 6.53. The van der Waals surface area contributed by atoms with E-state index in [0.29, 0.717) is 36.3 Å². The zero-order valence-electron chi connectivity index (χ0n) is 20.5. The summed E-state index contributed by atoms with van der Waals surface area (Å²) in [7, 11) is 0. The van der Waals surface area contributed by atoms with Gasteiger partial charge in [0.05, 0.1) is 18.7 Å². The number of nitrogens with zero attached hydrogens (tertiary/aromatic N) is 5. The van der Waals surface area contributed by atoms with Gasteiger partial charge in [-0.1, -0.05) is 38.0 Å². The molecule has 1 aliphatic carbocycles. The fraction of sp³-hybridized carbons (Fsp3) is 0.462. The predicted molar refractivity (Wildman–Crippen MR) is 143 cm³/mol. The van der Waals surface area contributed by atoms with Crippen LogP contribution in [0.5, 0.6) is 0 Å². The van der Waals surface area contributed by atoms with Gasteiger partial charge >= 0.3 is 0 Å². The van der Waals surface area contributed by atoms with E-state index in [4.69, 9.17) is 11.5 Å². The highest BCUT2D eigenvalue weighted by atomic mass is 16.3. The lowest BCUT2D eigenvalue weighted by molar-refractivity contribution is 0.301. The van der Waals surface area contributed by atoms with Crippen LogP contribution in [0.15, 0.2) is 35.5 Å². The van der Waals surface area contributed by atoms with Gasteiger partial charge in [-0.05, 0) is 36.5 Å². The van der Waals surface area contributed by atoms with Gasteiger partial charge in [0.1, 0.15) is 11.4 Å². The number of aliphatic hydroxyl groups is 1. The number of aromatic nitrogens is 3. The van der Waals surface area contributed by atoms with Gasteiger partial charge < -0.3 is 26.8 Å². The lowest BCUT2D eigenvalue weighted by Crippen LogP contribution is -2.34. The van der Waals surface area contributed by atoms with Gasteiger partial charge in [0.25, 0.3) is 0 Å². The van der Waals surface area contributed by atoms with E-state index >= 15 is 0 Å². The zero-order chi connectivity index (χ0) is 24.6. The van der Waals surface area contributed by atoms with Crippen LogP contribution in [-0.2, 0) is 13.1 Å². The average molecular weight is 477 g/mol. The van der Waals surface area contributed by atoms with Crippen molar-refractivity contribution in [2.45, 2.75) is 58.2 Å². The van der Waals surface area contributed by atoms with E-state index in [-0.39, 0.29) is 12.6 Å². The largest absolute Gasteiger partial charge is 0.395 e. The first kappa shape index (κ1) is 24.8. The number of hydrogen-bond acceptors (Lipinski definition) is 9. The first-order valence-corrected chi connectivity index (χ1v) is 12.5. The Bertz CT molecular complexity index is 1160. The highest BCUT2D eigenvalue weighted by molar-refractivity contribution is 5.89. The molecule has 35 heavy (non-hydrogen) atoms. The molecule has 6 N–H and O–H groups in total. The molecule has 9 heteroatoms. The fourth-order valence-corrected chi connectivity index (χ4v) is 4.29. The lowest BCUT2D eigenvalue weighted by Gasteiger charge is -2.26. The molecule has 0 spiro atoms. The summed E-state index contributed by atoms with van der Waals surface area (Å²) < 4.78 is 0. The van der Waals surface area contributed by atoms with Gasteiger partial charge in [-0.3, -0.25) is 9.98 Å². The van der Waals surface area contributed by atoms with Crippen LogP contribution in [0.4, 0.5) is 17.5 Å². The zero-order valence-corrected chi connectivity index (χ0v) is 20.5. The monoisotopic (exact) mass is 476 g/mol. The van der Waals surface area contributed by atoms with Gasteiger partial charge in [0.2, 0.25) is 5.95 Å². The van der Waals surface area contributed by atoms with Crippen LogP contribution in [0.25, 0.3) is 10.9 Å². The van der Waals surface area contributed by atoms with Crippen LogP contribution in [-0.4, -0.2) is 52.0 Å². The third-order valence-electron chi connectivity index (χ3n) is 6.53. The Labute approximate surface area is 206 Å². The van der Waals surface area contributed by atoms with Crippen molar-refractivity contribution in [3.05, 3.63) is 47.3 Å². The molecule has 0 aliphatic heterocycles. The van der Waals surface area contributed by atoms with Gasteiger partial charge in [-0.2, -0.15) is 4.98 Å². The second-order valence-corrected chi connectivity index (χ2v) is 9.03. The number of hydrogen-bond donors (Lipinski definition) is 4. The number of unbranched alkanes of at least 4 members (excludes halogenated alkanes) is 1. The Kier molecular flexibility index (Phi) is 8.44. The number of nitrogens with one attached hydrogen (secondary N) is 1. The second kappa shape index (κ2) is 11.9. The summed E-state index contributed by atoms with van der Waals surface area (Å²) in [4.78, 5) is 19.9.